The molecule has 2 aromatic carbocycles. The Labute approximate surface area is 499 Å². The molecule has 85 heavy (non-hydrogen) atoms. The number of piperazine rings is 1. The molecule has 5 N–H and O–H groups in total. The number of anilines is 5. The Morgan fingerprint density at radius 1 is 0.788 bits per heavy atom. The van der Waals surface area contributed by atoms with Crippen LogP contribution >= 0.6 is 11.3 Å². The molecule has 1 aliphatic carbocycles. The van der Waals surface area contributed by atoms with E-state index in [-0.39, 0.29) is 66.8 Å². The lowest BCUT2D eigenvalue weighted by Gasteiger charge is -2.43. The molecule has 6 fully saturated rings. The molecule has 5 saturated heterocycles. The summed E-state index contributed by atoms with van der Waals surface area (Å²) >= 11 is 1.60. The number of likely N-dealkylation sites (tertiary alicyclic amines) is 1. The number of aliphatic hydroxyl groups is 1. The summed E-state index contributed by atoms with van der Waals surface area (Å²) in [6, 6.07) is 23.0. The normalized spacial score (nSPS) is 23.6. The topological polar surface area (TPSA) is 243 Å². The third-order valence-electron chi connectivity index (χ3n) is 18.5. The number of aryl methyl sites for hydroxylation is 1. The molecule has 6 aliphatic rings. The molecule has 7 aromatic rings. The fourth-order valence-corrected chi connectivity index (χ4v) is 14.6. The number of β-amino-alcohol motifs (C(OH)–C–C–N with tert-alkyl or cyclic N) is 1. The zero-order chi connectivity index (χ0) is 58.5. The number of hydrogen-bond acceptors (Lipinski definition) is 19. The number of aromatic nitrogens is 7. The Balaban J connectivity index is 0.544. The second-order valence-electron chi connectivity index (χ2n) is 24.4. The summed E-state index contributed by atoms with van der Waals surface area (Å²) in [5.74, 6) is 1.98. The number of para-hydroxylation sites is 1. The van der Waals surface area contributed by atoms with Gasteiger partial charge in [0.25, 0.3) is 0 Å². The van der Waals surface area contributed by atoms with Crippen molar-refractivity contribution in [3.63, 3.8) is 0 Å². The molecular weight excluding hydrogens is 1100 g/mol. The highest BCUT2D eigenvalue weighted by Gasteiger charge is 2.45. The number of carbonyl (C=O) groups is 2. The third kappa shape index (κ3) is 11.7. The van der Waals surface area contributed by atoms with E-state index in [0.717, 1.165) is 130 Å². The highest BCUT2D eigenvalue weighted by Crippen LogP contribution is 2.42. The number of phenolic OH excluding ortho intramolecular Hbond substituents is 1. The molecule has 2 unspecified atom stereocenters. The van der Waals surface area contributed by atoms with Gasteiger partial charge in [0.2, 0.25) is 17.7 Å². The number of amides is 2. The van der Waals surface area contributed by atoms with Crippen molar-refractivity contribution in [3.05, 3.63) is 114 Å². The van der Waals surface area contributed by atoms with Gasteiger partial charge >= 0.3 is 0 Å². The van der Waals surface area contributed by atoms with Gasteiger partial charge < -0.3 is 64.3 Å². The second-order valence-corrected chi connectivity index (χ2v) is 25.3. The van der Waals surface area contributed by atoms with Crippen molar-refractivity contribution in [2.75, 3.05) is 71.1 Å². The summed E-state index contributed by atoms with van der Waals surface area (Å²) in [5, 5.41) is 37.5. The number of ether oxygens (including phenoxy) is 2. The smallest absolute Gasteiger partial charge is 0.243 e. The van der Waals surface area contributed by atoms with Crippen molar-refractivity contribution in [1.82, 2.24) is 45.1 Å². The minimum atomic E-state index is -0.815. The van der Waals surface area contributed by atoms with Crippen LogP contribution in [0.15, 0.2) is 102 Å². The number of fused-ring (bicyclic) bond motifs is 2. The van der Waals surface area contributed by atoms with Gasteiger partial charge in [0.15, 0.2) is 17.4 Å². The molecule has 6 atom stereocenters. The summed E-state index contributed by atoms with van der Waals surface area (Å²) in [6.07, 6.45) is 13.3. The van der Waals surface area contributed by atoms with E-state index < -0.39 is 18.1 Å². The number of thiazole rings is 1. The van der Waals surface area contributed by atoms with Crippen LogP contribution in [0.1, 0.15) is 114 Å². The number of phenols is 1. The molecule has 5 aromatic heterocycles. The lowest BCUT2D eigenvalue weighted by molar-refractivity contribution is -0.141. The van der Waals surface area contributed by atoms with Crippen molar-refractivity contribution in [3.8, 4) is 33.3 Å². The minimum Gasteiger partial charge on any atom is -0.507 e. The van der Waals surface area contributed by atoms with E-state index in [1.165, 1.54) is 4.90 Å². The molecule has 0 spiro atoms. The van der Waals surface area contributed by atoms with Crippen LogP contribution in [0.25, 0.3) is 21.7 Å². The fourth-order valence-electron chi connectivity index (χ4n) is 13.8. The molecule has 10 heterocycles. The predicted octanol–water partition coefficient (Wildman–Crippen LogP) is 8.32. The molecular formula is C63H76N14O7S. The van der Waals surface area contributed by atoms with Gasteiger partial charge in [-0.2, -0.15) is 0 Å². The van der Waals surface area contributed by atoms with Gasteiger partial charge in [-0.1, -0.05) is 55.4 Å². The maximum absolute atomic E-state index is 14.4. The first-order valence-electron chi connectivity index (χ1n) is 30.3. The van der Waals surface area contributed by atoms with E-state index in [9.17, 15) is 19.8 Å². The van der Waals surface area contributed by atoms with E-state index in [0.29, 0.717) is 46.6 Å². The number of nitrogens with zero attached hydrogens (tertiary/aromatic N) is 12. The van der Waals surface area contributed by atoms with Crippen LogP contribution in [-0.4, -0.2) is 150 Å². The maximum atomic E-state index is 14.4. The molecule has 21 nitrogen and oxygen atoms in total. The quantitative estimate of drug-likeness (QED) is 0.0670. The molecule has 446 valence electrons. The van der Waals surface area contributed by atoms with Crippen molar-refractivity contribution >= 4 is 52.0 Å². The number of nitrogen functional groups attached to an aromatic ring is 1. The first-order valence-corrected chi connectivity index (χ1v) is 31.2. The van der Waals surface area contributed by atoms with Gasteiger partial charge in [-0.25, -0.2) is 15.0 Å². The molecule has 13 rings (SSSR count). The number of hydrogen-bond donors (Lipinski definition) is 4. The Kier molecular flexibility index (Phi) is 15.8. The number of imidazole rings is 1. The molecule has 1 saturated carbocycles. The number of benzene rings is 2. The van der Waals surface area contributed by atoms with Gasteiger partial charge in [-0.05, 0) is 93.7 Å². The predicted molar refractivity (Wildman–Crippen MR) is 325 cm³/mol. The zero-order valence-electron chi connectivity index (χ0n) is 48.7. The highest BCUT2D eigenvalue weighted by molar-refractivity contribution is 7.13. The number of aromatic hydroxyl groups is 1. The van der Waals surface area contributed by atoms with Gasteiger partial charge in [-0.15, -0.1) is 21.5 Å². The van der Waals surface area contributed by atoms with Crippen molar-refractivity contribution in [2.24, 2.45) is 5.92 Å². The Hall–Kier alpha value is -7.82. The molecule has 2 bridgehead atoms. The standard InChI is InChI=1S/C63H76N14O7S/c1-37(2)59(63(81)76-33-46(78)26-53(76)62(80)68-38(3)40-9-11-41(12-10-40)60-39(4)67-36-85-60)55-30-56(71-84-55)72-21-16-42(17-22-72)75-34-57(66-35-75)73-23-18-47(19-24-73)82-48-27-49(28-48)83-58-25-43(15-20-65-58)77-44-13-14-45(77)32-74(31-44)52-29-51(69-70-61(52)64)50-7-5-6-8-54(50)79/h5-12,15,20,25,29-30,34-38,42,44-49,53,59,78-79H,13-14,16-19,21-24,26-28,31-33H2,1-4H3,(H2,64,70)(H,68,80)/t38-,44?,45?,46+,48?,49?,53-,59+/m0/s1. The molecule has 22 heteroatoms. The van der Waals surface area contributed by atoms with Crippen molar-refractivity contribution in [1.29, 1.82) is 0 Å². The first kappa shape index (κ1) is 56.3. The van der Waals surface area contributed by atoms with Gasteiger partial charge in [0.1, 0.15) is 29.6 Å². The number of pyridine rings is 1. The SMILES string of the molecule is Cc1ncsc1-c1ccc([C@H](C)NC(=O)[C@@H]2C[C@@H](O)CN2C(=O)[C@@H](c2cc(N3CCC(n4cnc(N5CCC(OC6CC(Oc7cc(N8C9CCC8CN(c8cc(-c%10ccccc%10O)nnc8N)C9)ccn7)C6)CC5)c4)CC3)no2)C(C)C)cc1. The van der Waals surface area contributed by atoms with Crippen LogP contribution in [0.2, 0.25) is 0 Å². The number of nitrogens with one attached hydrogen (secondary N) is 1. The van der Waals surface area contributed by atoms with Crippen LogP contribution in [-0.2, 0) is 14.3 Å². The van der Waals surface area contributed by atoms with Crippen LogP contribution in [0.4, 0.5) is 28.8 Å². The number of rotatable bonds is 17. The number of piperidine rings is 2. The average molecular weight is 1170 g/mol. The van der Waals surface area contributed by atoms with Crippen LogP contribution in [0.3, 0.4) is 0 Å². The van der Waals surface area contributed by atoms with Crippen molar-refractivity contribution < 1.29 is 33.8 Å². The maximum Gasteiger partial charge on any atom is 0.243 e. The fraction of sp³-hybridized carbons (Fsp3) is 0.492. The monoisotopic (exact) mass is 1170 g/mol. The molecule has 5 aliphatic heterocycles. The van der Waals surface area contributed by atoms with Gasteiger partial charge in [0, 0.05) is 119 Å². The molecule has 2 amide bonds. The first-order chi connectivity index (χ1) is 41.3. The zero-order valence-corrected chi connectivity index (χ0v) is 49.5. The van der Waals surface area contributed by atoms with E-state index >= 15 is 0 Å². The lowest BCUT2D eigenvalue weighted by atomic mass is 9.91. The largest absolute Gasteiger partial charge is 0.507 e. The van der Waals surface area contributed by atoms with Gasteiger partial charge in [-0.3, -0.25) is 9.59 Å². The van der Waals surface area contributed by atoms with Crippen molar-refractivity contribution in [2.45, 2.75) is 146 Å². The molecule has 0 radical (unpaired) electrons. The van der Waals surface area contributed by atoms with Gasteiger partial charge in [0.05, 0.1) is 58.1 Å². The minimum absolute atomic E-state index is 0.0664. The lowest BCUT2D eigenvalue weighted by Crippen LogP contribution is -2.54. The van der Waals surface area contributed by atoms with E-state index in [1.54, 1.807) is 23.5 Å². The number of aliphatic hydroxyl groups excluding tert-OH is 1. The van der Waals surface area contributed by atoms with E-state index in [1.807, 2.05) is 94.3 Å². The number of carbonyl (C=O) groups excluding carboxylic acids is 2. The Bertz CT molecular complexity index is 3470. The summed E-state index contributed by atoms with van der Waals surface area (Å²) in [4.78, 5) is 54.2. The number of nitrogens with two attached hydrogens (primary N) is 1. The average Bonchev–Trinajstić information content (AvgIpc) is 4.36. The van der Waals surface area contributed by atoms with E-state index in [2.05, 4.69) is 73.1 Å². The Morgan fingerprint density at radius 3 is 2.26 bits per heavy atom. The second kappa shape index (κ2) is 23.9. The van der Waals surface area contributed by atoms with Crippen LogP contribution in [0.5, 0.6) is 11.6 Å². The summed E-state index contributed by atoms with van der Waals surface area (Å²) in [7, 11) is 0. The van der Waals surface area contributed by atoms with Crippen LogP contribution in [0, 0.1) is 12.8 Å². The van der Waals surface area contributed by atoms with E-state index in [4.69, 9.17) is 24.7 Å². The Morgan fingerprint density at radius 2 is 1.53 bits per heavy atom. The highest BCUT2D eigenvalue weighted by atomic mass is 32.1. The summed E-state index contributed by atoms with van der Waals surface area (Å²) in [6.45, 7) is 12.8. The summed E-state index contributed by atoms with van der Waals surface area (Å²) < 4.78 is 21.3. The third-order valence-corrected chi connectivity index (χ3v) is 19.5. The van der Waals surface area contributed by atoms with Crippen LogP contribution < -0.4 is 35.4 Å². The summed E-state index contributed by atoms with van der Waals surface area (Å²) in [5.41, 5.74) is 14.4.